The molecule has 9 heteroatoms. The number of amides is 4. The number of anilines is 1. The lowest BCUT2D eigenvalue weighted by Gasteiger charge is -2.27. The molecule has 1 aromatic carbocycles. The van der Waals surface area contributed by atoms with Gasteiger partial charge in [-0.25, -0.2) is 4.39 Å². The zero-order chi connectivity index (χ0) is 17.4. The molecule has 2 heterocycles. The Labute approximate surface area is 136 Å². The molecule has 2 aliphatic heterocycles. The van der Waals surface area contributed by atoms with Gasteiger partial charge < -0.3 is 11.1 Å². The number of imide groups is 2. The van der Waals surface area contributed by atoms with Crippen molar-refractivity contribution in [3.05, 3.63) is 29.1 Å². The lowest BCUT2D eigenvalue weighted by atomic mass is 10.0. The Bertz CT molecular complexity index is 764. The Morgan fingerprint density at radius 1 is 1.21 bits per heavy atom. The van der Waals surface area contributed by atoms with Crippen LogP contribution < -0.4 is 16.4 Å². The van der Waals surface area contributed by atoms with Crippen LogP contribution in [-0.4, -0.2) is 47.7 Å². The molecule has 0 bridgehead atoms. The minimum absolute atomic E-state index is 0.0191. The molecule has 24 heavy (non-hydrogen) atoms. The van der Waals surface area contributed by atoms with E-state index < -0.39 is 35.5 Å². The standard InChI is InChI=1S/C15H15FN4O4/c16-9-5-7-8(6-10(9)18-4-3-17)15(24)20(14(7)23)11-1-2-12(21)19-13(11)22/h5-6,11,18H,1-4,17H2,(H,19,21,22). The van der Waals surface area contributed by atoms with Gasteiger partial charge in [-0.15, -0.1) is 0 Å². The fraction of sp³-hybridized carbons (Fsp3) is 0.333. The van der Waals surface area contributed by atoms with Gasteiger partial charge in [-0.2, -0.15) is 0 Å². The normalized spacial score (nSPS) is 20.2. The van der Waals surface area contributed by atoms with Gasteiger partial charge in [-0.05, 0) is 18.6 Å². The molecule has 4 N–H and O–H groups in total. The van der Waals surface area contributed by atoms with Crippen molar-refractivity contribution in [2.75, 3.05) is 18.4 Å². The molecule has 8 nitrogen and oxygen atoms in total. The highest BCUT2D eigenvalue weighted by atomic mass is 19.1. The van der Waals surface area contributed by atoms with E-state index in [1.54, 1.807) is 0 Å². The average Bonchev–Trinajstić information content (AvgIpc) is 2.77. The smallest absolute Gasteiger partial charge is 0.262 e. The largest absolute Gasteiger partial charge is 0.381 e. The number of nitrogens with zero attached hydrogens (tertiary/aromatic N) is 1. The van der Waals surface area contributed by atoms with Crippen molar-refractivity contribution in [1.82, 2.24) is 10.2 Å². The number of halogens is 1. The zero-order valence-corrected chi connectivity index (χ0v) is 12.6. The molecule has 1 aromatic rings. The summed E-state index contributed by atoms with van der Waals surface area (Å²) in [6.45, 7) is 0.570. The quantitative estimate of drug-likeness (QED) is 0.644. The summed E-state index contributed by atoms with van der Waals surface area (Å²) in [6.07, 6.45) is 0.0817. The van der Waals surface area contributed by atoms with Crippen molar-refractivity contribution in [2.24, 2.45) is 5.73 Å². The van der Waals surface area contributed by atoms with Gasteiger partial charge in [0.05, 0.1) is 16.8 Å². The van der Waals surface area contributed by atoms with Crippen LogP contribution >= 0.6 is 0 Å². The number of carbonyl (C=O) groups excluding carboxylic acids is 4. The Balaban J connectivity index is 1.93. The minimum atomic E-state index is -1.07. The van der Waals surface area contributed by atoms with Gasteiger partial charge in [0.25, 0.3) is 11.8 Å². The summed E-state index contributed by atoms with van der Waals surface area (Å²) in [5.74, 6) is -3.27. The predicted octanol–water partition coefficient (Wildman–Crippen LogP) is -0.403. The number of fused-ring (bicyclic) bond motifs is 1. The lowest BCUT2D eigenvalue weighted by Crippen LogP contribution is -2.54. The Kier molecular flexibility index (Phi) is 4.02. The van der Waals surface area contributed by atoms with Crippen LogP contribution in [0.3, 0.4) is 0 Å². The number of nitrogens with two attached hydrogens (primary N) is 1. The molecule has 1 unspecified atom stereocenters. The molecule has 1 saturated heterocycles. The Morgan fingerprint density at radius 2 is 1.88 bits per heavy atom. The monoisotopic (exact) mass is 334 g/mol. The Morgan fingerprint density at radius 3 is 2.50 bits per heavy atom. The van der Waals surface area contributed by atoms with Crippen LogP contribution in [0.2, 0.25) is 0 Å². The summed E-state index contributed by atoms with van der Waals surface area (Å²) in [4.78, 5) is 48.9. The molecule has 0 saturated carbocycles. The van der Waals surface area contributed by atoms with Gasteiger partial charge in [0.1, 0.15) is 11.9 Å². The first-order chi connectivity index (χ1) is 11.4. The van der Waals surface area contributed by atoms with E-state index in [9.17, 15) is 23.6 Å². The first-order valence-corrected chi connectivity index (χ1v) is 7.43. The van der Waals surface area contributed by atoms with Crippen molar-refractivity contribution in [1.29, 1.82) is 0 Å². The highest BCUT2D eigenvalue weighted by molar-refractivity contribution is 6.23. The molecule has 0 aliphatic carbocycles. The van der Waals surface area contributed by atoms with Gasteiger partial charge >= 0.3 is 0 Å². The topological polar surface area (TPSA) is 122 Å². The van der Waals surface area contributed by atoms with Crippen molar-refractivity contribution >= 4 is 29.3 Å². The second-order valence-electron chi connectivity index (χ2n) is 5.54. The molecule has 0 aromatic heterocycles. The van der Waals surface area contributed by atoms with Crippen LogP contribution in [0.25, 0.3) is 0 Å². The van der Waals surface area contributed by atoms with E-state index >= 15 is 0 Å². The number of hydrogen-bond donors (Lipinski definition) is 3. The van der Waals surface area contributed by atoms with E-state index in [0.717, 1.165) is 11.0 Å². The highest BCUT2D eigenvalue weighted by Crippen LogP contribution is 2.31. The lowest BCUT2D eigenvalue weighted by molar-refractivity contribution is -0.136. The Hall–Kier alpha value is -2.81. The number of hydrogen-bond acceptors (Lipinski definition) is 6. The molecular formula is C15H15FN4O4. The molecule has 1 atom stereocenters. The van der Waals surface area contributed by atoms with Crippen LogP contribution in [0.4, 0.5) is 10.1 Å². The van der Waals surface area contributed by atoms with Gasteiger partial charge in [0.15, 0.2) is 0 Å². The summed E-state index contributed by atoms with van der Waals surface area (Å²) in [5.41, 5.74) is 5.33. The van der Waals surface area contributed by atoms with Crippen LogP contribution in [0.1, 0.15) is 33.6 Å². The van der Waals surface area contributed by atoms with E-state index in [1.165, 1.54) is 6.07 Å². The zero-order valence-electron chi connectivity index (χ0n) is 12.6. The fourth-order valence-electron chi connectivity index (χ4n) is 2.83. The predicted molar refractivity (Wildman–Crippen MR) is 80.6 cm³/mol. The fourth-order valence-corrected chi connectivity index (χ4v) is 2.83. The molecule has 0 radical (unpaired) electrons. The first kappa shape index (κ1) is 16.1. The average molecular weight is 334 g/mol. The number of carbonyl (C=O) groups is 4. The summed E-state index contributed by atoms with van der Waals surface area (Å²) < 4.78 is 14.1. The maximum atomic E-state index is 14.1. The van der Waals surface area contributed by atoms with E-state index in [0.29, 0.717) is 6.54 Å². The molecule has 4 amide bonds. The summed E-state index contributed by atoms with van der Waals surface area (Å²) >= 11 is 0. The van der Waals surface area contributed by atoms with Crippen molar-refractivity contribution in [3.63, 3.8) is 0 Å². The third-order valence-corrected chi connectivity index (χ3v) is 3.99. The molecule has 126 valence electrons. The van der Waals surface area contributed by atoms with Crippen molar-refractivity contribution < 1.29 is 23.6 Å². The second kappa shape index (κ2) is 6.00. The van der Waals surface area contributed by atoms with Crippen LogP contribution in [0, 0.1) is 5.82 Å². The number of benzene rings is 1. The third-order valence-electron chi connectivity index (χ3n) is 3.99. The van der Waals surface area contributed by atoms with Gasteiger partial charge in [-0.1, -0.05) is 0 Å². The third kappa shape index (κ3) is 2.52. The maximum absolute atomic E-state index is 14.1. The number of piperidine rings is 1. The highest BCUT2D eigenvalue weighted by Gasteiger charge is 2.45. The summed E-state index contributed by atoms with van der Waals surface area (Å²) in [5, 5.41) is 4.83. The van der Waals surface area contributed by atoms with E-state index in [2.05, 4.69) is 10.6 Å². The van der Waals surface area contributed by atoms with Crippen LogP contribution in [0.5, 0.6) is 0 Å². The van der Waals surface area contributed by atoms with E-state index in [4.69, 9.17) is 5.73 Å². The number of nitrogens with one attached hydrogen (secondary N) is 2. The maximum Gasteiger partial charge on any atom is 0.262 e. The molecule has 1 fully saturated rings. The number of rotatable bonds is 4. The van der Waals surface area contributed by atoms with Gasteiger partial charge in [0, 0.05) is 19.5 Å². The van der Waals surface area contributed by atoms with Crippen LogP contribution in [0.15, 0.2) is 12.1 Å². The molecule has 2 aliphatic rings. The summed E-state index contributed by atoms with van der Waals surface area (Å²) in [7, 11) is 0. The molecule has 3 rings (SSSR count). The van der Waals surface area contributed by atoms with Crippen LogP contribution in [-0.2, 0) is 9.59 Å². The first-order valence-electron chi connectivity index (χ1n) is 7.43. The SMILES string of the molecule is NCCNc1cc2c(cc1F)C(=O)N(C1CCC(=O)NC1=O)C2=O. The van der Waals surface area contributed by atoms with Crippen molar-refractivity contribution in [2.45, 2.75) is 18.9 Å². The molecule has 0 spiro atoms. The van der Waals surface area contributed by atoms with E-state index in [1.807, 2.05) is 0 Å². The summed E-state index contributed by atoms with van der Waals surface area (Å²) in [6, 6.07) is 1.14. The van der Waals surface area contributed by atoms with E-state index in [-0.39, 0.29) is 36.2 Å². The van der Waals surface area contributed by atoms with Gasteiger partial charge in [0.2, 0.25) is 11.8 Å². The van der Waals surface area contributed by atoms with Gasteiger partial charge in [-0.3, -0.25) is 29.4 Å². The second-order valence-corrected chi connectivity index (χ2v) is 5.54. The minimum Gasteiger partial charge on any atom is -0.381 e. The van der Waals surface area contributed by atoms with Crippen molar-refractivity contribution in [3.8, 4) is 0 Å². The molecular weight excluding hydrogens is 319 g/mol.